The average molecular weight is 289 g/mol. The van der Waals surface area contributed by atoms with Gasteiger partial charge in [-0.1, -0.05) is 11.3 Å². The fraction of sp³-hybridized carbons (Fsp3) is 0. The Labute approximate surface area is 108 Å². The summed E-state index contributed by atoms with van der Waals surface area (Å²) in [5, 5.41) is 11.8. The molecule has 0 aliphatic rings. The number of nitrogens with two attached hydrogens (primary N) is 1. The van der Waals surface area contributed by atoms with Gasteiger partial charge in [-0.2, -0.15) is 0 Å². The zero-order valence-corrected chi connectivity index (χ0v) is 10.5. The Hall–Kier alpha value is -1.51. The molecule has 2 heterocycles. The van der Waals surface area contributed by atoms with E-state index in [1.54, 1.807) is 5.38 Å². The number of hydrogen-bond acceptors (Lipinski definition) is 6. The molecule has 0 unspecified atom stereocenters. The van der Waals surface area contributed by atoms with Crippen LogP contribution in [0.25, 0.3) is 0 Å². The highest BCUT2D eigenvalue weighted by atomic mass is 35.5. The van der Waals surface area contributed by atoms with Gasteiger partial charge in [-0.25, -0.2) is 0 Å². The molecule has 0 saturated carbocycles. The summed E-state index contributed by atoms with van der Waals surface area (Å²) in [5.41, 5.74) is 5.41. The smallest absolute Gasteiger partial charge is 0.287 e. The first-order valence-corrected chi connectivity index (χ1v) is 6.33. The van der Waals surface area contributed by atoms with Gasteiger partial charge in [-0.05, 0) is 23.0 Å². The van der Waals surface area contributed by atoms with Crippen molar-refractivity contribution in [2.24, 2.45) is 5.73 Å². The first-order valence-electron chi connectivity index (χ1n) is 4.25. The molecule has 9 heteroatoms. The maximum absolute atomic E-state index is 11.7. The summed E-state index contributed by atoms with van der Waals surface area (Å²) in [6.07, 6.45) is 0. The highest BCUT2D eigenvalue weighted by molar-refractivity contribution is 7.17. The van der Waals surface area contributed by atoms with Gasteiger partial charge >= 0.3 is 0 Å². The number of nitrogens with zero attached hydrogens (tertiary/aromatic N) is 2. The number of thiophene rings is 1. The van der Waals surface area contributed by atoms with E-state index in [0.717, 1.165) is 11.3 Å². The average Bonchev–Trinajstić information content (AvgIpc) is 2.86. The molecule has 6 nitrogen and oxygen atoms in total. The lowest BCUT2D eigenvalue weighted by Gasteiger charge is -2.00. The van der Waals surface area contributed by atoms with Gasteiger partial charge < -0.3 is 11.1 Å². The van der Waals surface area contributed by atoms with Crippen molar-refractivity contribution in [1.82, 2.24) is 10.2 Å². The van der Waals surface area contributed by atoms with E-state index in [9.17, 15) is 9.59 Å². The zero-order chi connectivity index (χ0) is 12.4. The Kier molecular flexibility index (Phi) is 3.36. The maximum atomic E-state index is 11.7. The number of carbonyl (C=O) groups excluding carboxylic acids is 2. The number of halogens is 1. The van der Waals surface area contributed by atoms with E-state index in [1.165, 1.54) is 17.4 Å². The first-order chi connectivity index (χ1) is 8.08. The second-order valence-electron chi connectivity index (χ2n) is 2.84. The molecule has 88 valence electrons. The summed E-state index contributed by atoms with van der Waals surface area (Å²) in [6, 6.07) is 1.54. The molecule has 0 saturated heterocycles. The number of amides is 2. The summed E-state index contributed by atoms with van der Waals surface area (Å²) < 4.78 is 0.177. The van der Waals surface area contributed by atoms with Crippen molar-refractivity contribution in [2.75, 3.05) is 5.32 Å². The minimum Gasteiger partial charge on any atom is -0.366 e. The van der Waals surface area contributed by atoms with Gasteiger partial charge in [0.1, 0.15) is 5.00 Å². The van der Waals surface area contributed by atoms with Crippen molar-refractivity contribution in [3.8, 4) is 0 Å². The summed E-state index contributed by atoms with van der Waals surface area (Å²) in [6.45, 7) is 0. The third-order valence-corrected chi connectivity index (χ3v) is 3.60. The molecule has 0 bridgehead atoms. The SMILES string of the molecule is NC(=O)c1ccsc1NC(=O)c1nnc(Cl)s1. The minimum atomic E-state index is -0.600. The van der Waals surface area contributed by atoms with Crippen LogP contribution in [0.4, 0.5) is 5.00 Å². The summed E-state index contributed by atoms with van der Waals surface area (Å²) in [7, 11) is 0. The van der Waals surface area contributed by atoms with Gasteiger partial charge in [0, 0.05) is 0 Å². The van der Waals surface area contributed by atoms with Crippen LogP contribution in [0.3, 0.4) is 0 Å². The molecular weight excluding hydrogens is 284 g/mol. The van der Waals surface area contributed by atoms with E-state index in [4.69, 9.17) is 17.3 Å². The first kappa shape index (κ1) is 12.0. The second-order valence-corrected chi connectivity index (χ2v) is 5.32. The molecule has 0 aromatic carbocycles. The standard InChI is InChI=1S/C8H5ClN4O2S2/c9-8-13-12-7(17-8)5(15)11-6-3(4(10)14)1-2-16-6/h1-2H,(H2,10,14)(H,11,15). The summed E-state index contributed by atoms with van der Waals surface area (Å²) in [4.78, 5) is 22.7. The van der Waals surface area contributed by atoms with Crippen LogP contribution in [-0.4, -0.2) is 22.0 Å². The third kappa shape index (κ3) is 2.60. The van der Waals surface area contributed by atoms with Gasteiger partial charge in [0.15, 0.2) is 0 Å². The van der Waals surface area contributed by atoms with Crippen LogP contribution in [-0.2, 0) is 0 Å². The van der Waals surface area contributed by atoms with Gasteiger partial charge in [0.25, 0.3) is 11.8 Å². The number of aromatic nitrogens is 2. The third-order valence-electron chi connectivity index (χ3n) is 1.75. The van der Waals surface area contributed by atoms with Crippen LogP contribution in [0.15, 0.2) is 11.4 Å². The van der Waals surface area contributed by atoms with Crippen LogP contribution >= 0.6 is 34.3 Å². The zero-order valence-electron chi connectivity index (χ0n) is 8.14. The Morgan fingerprint density at radius 3 is 2.76 bits per heavy atom. The van der Waals surface area contributed by atoms with Crippen molar-refractivity contribution < 1.29 is 9.59 Å². The molecular formula is C8H5ClN4O2S2. The number of carbonyl (C=O) groups is 2. The van der Waals surface area contributed by atoms with E-state index < -0.39 is 11.8 Å². The van der Waals surface area contributed by atoms with Gasteiger partial charge in [-0.15, -0.1) is 21.5 Å². The topological polar surface area (TPSA) is 98.0 Å². The highest BCUT2D eigenvalue weighted by Gasteiger charge is 2.16. The van der Waals surface area contributed by atoms with E-state index in [2.05, 4.69) is 15.5 Å². The van der Waals surface area contributed by atoms with E-state index in [-0.39, 0.29) is 15.0 Å². The molecule has 2 aromatic rings. The van der Waals surface area contributed by atoms with Crippen molar-refractivity contribution in [1.29, 1.82) is 0 Å². The van der Waals surface area contributed by atoms with Gasteiger partial charge in [-0.3, -0.25) is 9.59 Å². The van der Waals surface area contributed by atoms with Crippen LogP contribution in [0, 0.1) is 0 Å². The maximum Gasteiger partial charge on any atom is 0.287 e. The number of anilines is 1. The normalized spacial score (nSPS) is 10.2. The van der Waals surface area contributed by atoms with Crippen LogP contribution in [0.5, 0.6) is 0 Å². The second kappa shape index (κ2) is 4.78. The minimum absolute atomic E-state index is 0.124. The fourth-order valence-corrected chi connectivity index (χ4v) is 2.56. The van der Waals surface area contributed by atoms with Gasteiger partial charge in [0.2, 0.25) is 9.47 Å². The predicted octanol–water partition coefficient (Wildman–Crippen LogP) is 1.60. The molecule has 0 fully saturated rings. The fourth-order valence-electron chi connectivity index (χ4n) is 1.05. The summed E-state index contributed by atoms with van der Waals surface area (Å²) in [5.74, 6) is -1.07. The summed E-state index contributed by atoms with van der Waals surface area (Å²) >= 11 is 7.71. The van der Waals surface area contributed by atoms with Crippen molar-refractivity contribution in [3.05, 3.63) is 26.5 Å². The van der Waals surface area contributed by atoms with Crippen molar-refractivity contribution in [3.63, 3.8) is 0 Å². The molecule has 17 heavy (non-hydrogen) atoms. The lowest BCUT2D eigenvalue weighted by atomic mass is 10.3. The largest absolute Gasteiger partial charge is 0.366 e. The number of rotatable bonds is 3. The lowest BCUT2D eigenvalue weighted by Crippen LogP contribution is -2.16. The molecule has 0 radical (unpaired) electrons. The number of hydrogen-bond donors (Lipinski definition) is 2. The predicted molar refractivity (Wildman–Crippen MR) is 65.7 cm³/mol. The van der Waals surface area contributed by atoms with Crippen molar-refractivity contribution >= 4 is 51.1 Å². The molecule has 0 spiro atoms. The van der Waals surface area contributed by atoms with E-state index >= 15 is 0 Å². The molecule has 0 atom stereocenters. The number of primary amides is 1. The van der Waals surface area contributed by atoms with Gasteiger partial charge in [0.05, 0.1) is 5.56 Å². The molecule has 3 N–H and O–H groups in total. The molecule has 2 aromatic heterocycles. The monoisotopic (exact) mass is 288 g/mol. The Balaban J connectivity index is 2.18. The highest BCUT2D eigenvalue weighted by Crippen LogP contribution is 2.24. The lowest BCUT2D eigenvalue weighted by molar-refractivity contribution is 0.100. The molecule has 2 rings (SSSR count). The van der Waals surface area contributed by atoms with E-state index in [1.807, 2.05) is 0 Å². The molecule has 0 aliphatic heterocycles. The van der Waals surface area contributed by atoms with Crippen LogP contribution in [0.2, 0.25) is 4.47 Å². The quantitative estimate of drug-likeness (QED) is 0.896. The van der Waals surface area contributed by atoms with Crippen LogP contribution < -0.4 is 11.1 Å². The van der Waals surface area contributed by atoms with Crippen molar-refractivity contribution in [2.45, 2.75) is 0 Å². The Morgan fingerprint density at radius 2 is 2.18 bits per heavy atom. The molecule has 2 amide bonds. The van der Waals surface area contributed by atoms with Crippen LogP contribution in [0.1, 0.15) is 20.2 Å². The van der Waals surface area contributed by atoms with E-state index in [0.29, 0.717) is 5.00 Å². The number of nitrogens with one attached hydrogen (secondary N) is 1. The Morgan fingerprint density at radius 1 is 1.41 bits per heavy atom. The molecule has 0 aliphatic carbocycles. The Bertz CT molecular complexity index is 580.